The first kappa shape index (κ1) is 20.6. The molecule has 2 aliphatic rings. The molecule has 0 aromatic carbocycles. The molecule has 0 aliphatic carbocycles. The number of urea groups is 1. The molecule has 1 aromatic heterocycles. The SMILES string of the molecule is Cc1cc(N2CCC3(CC2)C(=O)N(CCCO)C(=O)N3CC(C)C)cc(C)n1. The highest BCUT2D eigenvalue weighted by Crippen LogP contribution is 2.39. The topological polar surface area (TPSA) is 77.0 Å². The molecule has 0 bridgehead atoms. The lowest BCUT2D eigenvalue weighted by Crippen LogP contribution is -2.57. The maximum atomic E-state index is 13.3. The Morgan fingerprint density at radius 2 is 1.75 bits per heavy atom. The molecule has 0 saturated carbocycles. The summed E-state index contributed by atoms with van der Waals surface area (Å²) < 4.78 is 0. The molecule has 7 nitrogen and oxygen atoms in total. The highest BCUT2D eigenvalue weighted by atomic mass is 16.3. The van der Waals surface area contributed by atoms with E-state index in [1.807, 2.05) is 13.8 Å². The van der Waals surface area contributed by atoms with Gasteiger partial charge in [-0.15, -0.1) is 0 Å². The van der Waals surface area contributed by atoms with Crippen LogP contribution in [0.4, 0.5) is 10.5 Å². The van der Waals surface area contributed by atoms with Crippen LogP contribution in [0.25, 0.3) is 0 Å². The second kappa shape index (κ2) is 8.07. The highest BCUT2D eigenvalue weighted by molar-refractivity contribution is 6.07. The summed E-state index contributed by atoms with van der Waals surface area (Å²) in [6, 6.07) is 3.95. The van der Waals surface area contributed by atoms with E-state index in [9.17, 15) is 9.59 Å². The van der Waals surface area contributed by atoms with E-state index < -0.39 is 5.54 Å². The van der Waals surface area contributed by atoms with Gasteiger partial charge in [-0.2, -0.15) is 0 Å². The first-order chi connectivity index (χ1) is 13.3. The number of aromatic nitrogens is 1. The number of aliphatic hydroxyl groups excluding tert-OH is 1. The molecule has 0 radical (unpaired) electrons. The lowest BCUT2D eigenvalue weighted by Gasteiger charge is -2.43. The van der Waals surface area contributed by atoms with E-state index in [0.717, 1.165) is 30.2 Å². The molecule has 0 atom stereocenters. The quantitative estimate of drug-likeness (QED) is 0.757. The fourth-order valence-electron chi connectivity index (χ4n) is 4.44. The van der Waals surface area contributed by atoms with E-state index in [1.165, 1.54) is 4.90 Å². The Hall–Kier alpha value is -2.15. The number of pyridine rings is 1. The summed E-state index contributed by atoms with van der Waals surface area (Å²) in [5.41, 5.74) is 2.35. The molecule has 2 aliphatic heterocycles. The number of rotatable bonds is 6. The van der Waals surface area contributed by atoms with Crippen LogP contribution in [0.3, 0.4) is 0 Å². The minimum absolute atomic E-state index is 0.0250. The molecule has 3 heterocycles. The van der Waals surface area contributed by atoms with Crippen molar-refractivity contribution in [3.05, 3.63) is 23.5 Å². The Morgan fingerprint density at radius 1 is 1.14 bits per heavy atom. The van der Waals surface area contributed by atoms with E-state index >= 15 is 0 Å². The lowest BCUT2D eigenvalue weighted by molar-refractivity contribution is -0.134. The minimum Gasteiger partial charge on any atom is -0.396 e. The zero-order valence-corrected chi connectivity index (χ0v) is 17.4. The fourth-order valence-corrected chi connectivity index (χ4v) is 4.44. The smallest absolute Gasteiger partial charge is 0.327 e. The molecule has 154 valence electrons. The van der Waals surface area contributed by atoms with Gasteiger partial charge in [-0.05, 0) is 51.2 Å². The number of aliphatic hydroxyl groups is 1. The van der Waals surface area contributed by atoms with E-state index in [4.69, 9.17) is 5.11 Å². The molecule has 1 spiro atoms. The van der Waals surface area contributed by atoms with Crippen LogP contribution in [0.15, 0.2) is 12.1 Å². The van der Waals surface area contributed by atoms with Crippen molar-refractivity contribution in [2.45, 2.75) is 52.5 Å². The van der Waals surface area contributed by atoms with Crippen molar-refractivity contribution in [1.29, 1.82) is 0 Å². The van der Waals surface area contributed by atoms with Crippen LogP contribution in [0, 0.1) is 19.8 Å². The number of aryl methyl sites for hydroxylation is 2. The van der Waals surface area contributed by atoms with Crippen LogP contribution in [-0.2, 0) is 4.79 Å². The van der Waals surface area contributed by atoms with Crippen molar-refractivity contribution in [2.24, 2.45) is 5.92 Å². The Bertz CT molecular complexity index is 721. The molecule has 7 heteroatoms. The van der Waals surface area contributed by atoms with Gasteiger partial charge in [0.05, 0.1) is 0 Å². The van der Waals surface area contributed by atoms with Gasteiger partial charge in [0.15, 0.2) is 0 Å². The molecule has 3 amide bonds. The monoisotopic (exact) mass is 388 g/mol. The summed E-state index contributed by atoms with van der Waals surface area (Å²) in [6.45, 7) is 10.4. The van der Waals surface area contributed by atoms with Gasteiger partial charge in [-0.3, -0.25) is 14.7 Å². The Balaban J connectivity index is 1.83. The van der Waals surface area contributed by atoms with Gasteiger partial charge in [0.1, 0.15) is 5.54 Å². The van der Waals surface area contributed by atoms with Gasteiger partial charge in [0.25, 0.3) is 5.91 Å². The number of imide groups is 1. The normalized spacial score (nSPS) is 19.4. The third kappa shape index (κ3) is 3.72. The number of hydrogen-bond donors (Lipinski definition) is 1. The summed E-state index contributed by atoms with van der Waals surface area (Å²) in [7, 11) is 0. The Morgan fingerprint density at radius 3 is 2.29 bits per heavy atom. The van der Waals surface area contributed by atoms with Gasteiger partial charge >= 0.3 is 6.03 Å². The summed E-state index contributed by atoms with van der Waals surface area (Å²) in [5, 5.41) is 9.14. The summed E-state index contributed by atoms with van der Waals surface area (Å²) >= 11 is 0. The maximum absolute atomic E-state index is 13.3. The molecule has 1 aromatic rings. The van der Waals surface area contributed by atoms with Gasteiger partial charge in [0, 0.05) is 49.9 Å². The number of nitrogens with zero attached hydrogens (tertiary/aromatic N) is 4. The number of carbonyl (C=O) groups excluding carboxylic acids is 2. The number of piperidine rings is 1. The molecular weight excluding hydrogens is 356 g/mol. The van der Waals surface area contributed by atoms with Crippen molar-refractivity contribution in [2.75, 3.05) is 37.7 Å². The molecular formula is C21H32N4O3. The molecule has 2 saturated heterocycles. The molecule has 0 unspecified atom stereocenters. The number of amides is 3. The van der Waals surface area contributed by atoms with Gasteiger partial charge in [-0.25, -0.2) is 4.79 Å². The Labute approximate surface area is 167 Å². The van der Waals surface area contributed by atoms with Crippen LogP contribution in [0.1, 0.15) is 44.5 Å². The van der Waals surface area contributed by atoms with Crippen molar-refractivity contribution < 1.29 is 14.7 Å². The van der Waals surface area contributed by atoms with Crippen molar-refractivity contribution in [3.8, 4) is 0 Å². The standard InChI is InChI=1S/C21H32N4O3/c1-15(2)14-25-20(28)24(8-5-11-26)19(27)21(25)6-9-23(10-7-21)18-12-16(3)22-17(4)13-18/h12-13,15,26H,5-11,14H2,1-4H3. The molecule has 2 fully saturated rings. The zero-order chi connectivity index (χ0) is 20.5. The highest BCUT2D eigenvalue weighted by Gasteiger charge is 2.57. The van der Waals surface area contributed by atoms with Crippen molar-refractivity contribution in [3.63, 3.8) is 0 Å². The predicted molar refractivity (Wildman–Crippen MR) is 108 cm³/mol. The zero-order valence-electron chi connectivity index (χ0n) is 17.4. The van der Waals surface area contributed by atoms with Crippen LogP contribution < -0.4 is 4.90 Å². The van der Waals surface area contributed by atoms with E-state index in [0.29, 0.717) is 25.8 Å². The average molecular weight is 389 g/mol. The fraction of sp³-hybridized carbons (Fsp3) is 0.667. The number of carbonyl (C=O) groups is 2. The molecule has 3 rings (SSSR count). The average Bonchev–Trinajstić information content (AvgIpc) is 2.81. The second-order valence-electron chi connectivity index (χ2n) is 8.45. The summed E-state index contributed by atoms with van der Waals surface area (Å²) in [5.74, 6) is 0.197. The lowest BCUT2D eigenvalue weighted by atomic mass is 9.85. The largest absolute Gasteiger partial charge is 0.396 e. The van der Waals surface area contributed by atoms with Crippen molar-refractivity contribution in [1.82, 2.24) is 14.8 Å². The molecule has 28 heavy (non-hydrogen) atoms. The van der Waals surface area contributed by atoms with Gasteiger partial charge < -0.3 is 14.9 Å². The molecule has 1 N–H and O–H groups in total. The van der Waals surface area contributed by atoms with Gasteiger partial charge in [0.2, 0.25) is 0 Å². The third-order valence-electron chi connectivity index (χ3n) is 5.73. The van der Waals surface area contributed by atoms with Crippen molar-refractivity contribution >= 4 is 17.6 Å². The minimum atomic E-state index is -0.746. The van der Waals surface area contributed by atoms with Gasteiger partial charge in [-0.1, -0.05) is 13.8 Å². The first-order valence-corrected chi connectivity index (χ1v) is 10.2. The summed E-state index contributed by atoms with van der Waals surface area (Å²) in [4.78, 5) is 36.2. The van der Waals surface area contributed by atoms with Crippen LogP contribution >= 0.6 is 0 Å². The first-order valence-electron chi connectivity index (χ1n) is 10.2. The Kier molecular flexibility index (Phi) is 5.93. The number of hydrogen-bond acceptors (Lipinski definition) is 5. The van der Waals surface area contributed by atoms with Crippen LogP contribution in [0.2, 0.25) is 0 Å². The van der Waals surface area contributed by atoms with E-state index in [2.05, 4.69) is 35.9 Å². The second-order valence-corrected chi connectivity index (χ2v) is 8.45. The number of anilines is 1. The maximum Gasteiger partial charge on any atom is 0.327 e. The van der Waals surface area contributed by atoms with Crippen LogP contribution in [-0.4, -0.2) is 70.2 Å². The summed E-state index contributed by atoms with van der Waals surface area (Å²) in [6.07, 6.45) is 1.67. The van der Waals surface area contributed by atoms with E-state index in [-0.39, 0.29) is 31.0 Å². The predicted octanol–water partition coefficient (Wildman–Crippen LogP) is 2.34. The van der Waals surface area contributed by atoms with Crippen LogP contribution in [0.5, 0.6) is 0 Å². The third-order valence-corrected chi connectivity index (χ3v) is 5.73. The van der Waals surface area contributed by atoms with E-state index in [1.54, 1.807) is 4.90 Å².